The van der Waals surface area contributed by atoms with Crippen LogP contribution in [-0.4, -0.2) is 46.3 Å². The first-order valence-corrected chi connectivity index (χ1v) is 10.7. The summed E-state index contributed by atoms with van der Waals surface area (Å²) in [6.07, 6.45) is 4.96. The summed E-state index contributed by atoms with van der Waals surface area (Å²) in [5, 5.41) is 2.14. The summed E-state index contributed by atoms with van der Waals surface area (Å²) in [5.74, 6) is 0. The molecular formula is C22H26N4S. The van der Waals surface area contributed by atoms with Gasteiger partial charge in [0, 0.05) is 26.2 Å². The lowest BCUT2D eigenvalue weighted by Crippen LogP contribution is -2.31. The van der Waals surface area contributed by atoms with Crippen LogP contribution in [0.4, 0.5) is 11.4 Å². The zero-order chi connectivity index (χ0) is 18.3. The van der Waals surface area contributed by atoms with Crippen LogP contribution in [0.3, 0.4) is 0 Å². The van der Waals surface area contributed by atoms with Crippen LogP contribution in [0.5, 0.6) is 0 Å². The molecule has 0 aliphatic carbocycles. The summed E-state index contributed by atoms with van der Waals surface area (Å²) in [7, 11) is 0. The number of rotatable bonds is 2. The normalized spacial score (nSPS) is 18.4. The van der Waals surface area contributed by atoms with E-state index in [4.69, 9.17) is 9.98 Å². The predicted molar refractivity (Wildman–Crippen MR) is 116 cm³/mol. The third-order valence-electron chi connectivity index (χ3n) is 4.90. The maximum absolute atomic E-state index is 4.99. The molecular weight excluding hydrogens is 352 g/mol. The second-order valence-electron chi connectivity index (χ2n) is 6.95. The molecule has 0 unspecified atom stereocenters. The van der Waals surface area contributed by atoms with Gasteiger partial charge >= 0.3 is 0 Å². The molecule has 27 heavy (non-hydrogen) atoms. The van der Waals surface area contributed by atoms with Gasteiger partial charge in [0.25, 0.3) is 0 Å². The number of amidine groups is 2. The SMILES string of the molecule is c1ccc(N=C(SC(=Nc2ccccc2)N2CCCC2)N2CCCC2)cc1. The topological polar surface area (TPSA) is 31.2 Å². The molecule has 0 bridgehead atoms. The Morgan fingerprint density at radius 2 is 0.963 bits per heavy atom. The summed E-state index contributed by atoms with van der Waals surface area (Å²) in [6, 6.07) is 20.5. The second-order valence-corrected chi connectivity index (χ2v) is 7.88. The zero-order valence-electron chi connectivity index (χ0n) is 15.6. The number of aliphatic imine (C=N–C) groups is 2. The van der Waals surface area contributed by atoms with Crippen molar-refractivity contribution >= 4 is 33.5 Å². The van der Waals surface area contributed by atoms with Crippen LogP contribution in [0.1, 0.15) is 25.7 Å². The van der Waals surface area contributed by atoms with Gasteiger partial charge in [-0.05, 0) is 61.7 Å². The maximum atomic E-state index is 4.99. The fraction of sp³-hybridized carbons (Fsp3) is 0.364. The number of benzene rings is 2. The largest absolute Gasteiger partial charge is 0.351 e. The fourth-order valence-electron chi connectivity index (χ4n) is 3.44. The molecule has 0 spiro atoms. The molecule has 4 rings (SSSR count). The summed E-state index contributed by atoms with van der Waals surface area (Å²) in [4.78, 5) is 14.8. The van der Waals surface area contributed by atoms with Crippen molar-refractivity contribution in [1.82, 2.24) is 9.80 Å². The van der Waals surface area contributed by atoms with Crippen LogP contribution in [-0.2, 0) is 0 Å². The van der Waals surface area contributed by atoms with Crippen molar-refractivity contribution in [1.29, 1.82) is 0 Å². The first-order valence-electron chi connectivity index (χ1n) is 9.84. The smallest absolute Gasteiger partial charge is 0.172 e. The lowest BCUT2D eigenvalue weighted by atomic mass is 10.3. The summed E-state index contributed by atoms with van der Waals surface area (Å²) < 4.78 is 0. The minimum Gasteiger partial charge on any atom is -0.351 e. The first-order chi connectivity index (χ1) is 13.4. The molecule has 2 fully saturated rings. The van der Waals surface area contributed by atoms with Gasteiger partial charge in [-0.15, -0.1) is 0 Å². The van der Waals surface area contributed by atoms with Gasteiger partial charge in [-0.1, -0.05) is 36.4 Å². The van der Waals surface area contributed by atoms with E-state index < -0.39 is 0 Å². The molecule has 0 saturated carbocycles. The van der Waals surface area contributed by atoms with Crippen molar-refractivity contribution in [3.05, 3.63) is 60.7 Å². The molecule has 0 atom stereocenters. The van der Waals surface area contributed by atoms with E-state index in [1.807, 2.05) is 36.4 Å². The minimum absolute atomic E-state index is 1.01. The standard InChI is InChI=1S/C22H26N4S/c1-3-11-19(12-4-1)23-21(25-15-7-8-16-25)27-22(26-17-9-10-18-26)24-20-13-5-2-6-14-20/h1-6,11-14H,7-10,15-18H2. The van der Waals surface area contributed by atoms with E-state index in [1.54, 1.807) is 11.8 Å². The minimum atomic E-state index is 1.01. The Morgan fingerprint density at radius 3 is 1.33 bits per heavy atom. The van der Waals surface area contributed by atoms with Crippen LogP contribution in [0.15, 0.2) is 70.6 Å². The second kappa shape index (κ2) is 9.09. The highest BCUT2D eigenvalue weighted by Gasteiger charge is 2.24. The van der Waals surface area contributed by atoms with Gasteiger partial charge in [-0.25, -0.2) is 9.98 Å². The van der Waals surface area contributed by atoms with E-state index in [0.717, 1.165) is 47.9 Å². The Balaban J connectivity index is 1.65. The van der Waals surface area contributed by atoms with E-state index in [9.17, 15) is 0 Å². The number of para-hydroxylation sites is 2. The summed E-state index contributed by atoms with van der Waals surface area (Å²) in [5.41, 5.74) is 2.01. The molecule has 2 aliphatic rings. The Labute approximate surface area is 166 Å². The van der Waals surface area contributed by atoms with Gasteiger partial charge in [-0.3, -0.25) is 0 Å². The third kappa shape index (κ3) is 4.92. The number of thioether (sulfide) groups is 1. The van der Waals surface area contributed by atoms with Crippen molar-refractivity contribution in [2.24, 2.45) is 9.98 Å². The molecule has 0 radical (unpaired) electrons. The number of hydrogen-bond donors (Lipinski definition) is 0. The fourth-order valence-corrected chi connectivity index (χ4v) is 4.53. The van der Waals surface area contributed by atoms with E-state index in [2.05, 4.69) is 34.1 Å². The van der Waals surface area contributed by atoms with Crippen LogP contribution < -0.4 is 0 Å². The molecule has 0 amide bonds. The van der Waals surface area contributed by atoms with Crippen LogP contribution >= 0.6 is 11.8 Å². The van der Waals surface area contributed by atoms with Crippen molar-refractivity contribution in [2.45, 2.75) is 25.7 Å². The highest BCUT2D eigenvalue weighted by atomic mass is 32.2. The van der Waals surface area contributed by atoms with E-state index >= 15 is 0 Å². The highest BCUT2D eigenvalue weighted by Crippen LogP contribution is 2.26. The van der Waals surface area contributed by atoms with Crippen LogP contribution in [0.2, 0.25) is 0 Å². The van der Waals surface area contributed by atoms with Crippen molar-refractivity contribution in [2.75, 3.05) is 26.2 Å². The molecule has 5 heteroatoms. The molecule has 140 valence electrons. The molecule has 2 saturated heterocycles. The van der Waals surface area contributed by atoms with E-state index in [1.165, 1.54) is 25.7 Å². The molecule has 2 aromatic carbocycles. The lowest BCUT2D eigenvalue weighted by molar-refractivity contribution is 0.525. The maximum Gasteiger partial charge on any atom is 0.172 e. The quantitative estimate of drug-likeness (QED) is 0.526. The van der Waals surface area contributed by atoms with Crippen molar-refractivity contribution in [3.63, 3.8) is 0 Å². The van der Waals surface area contributed by atoms with Crippen molar-refractivity contribution in [3.8, 4) is 0 Å². The highest BCUT2D eigenvalue weighted by molar-refractivity contribution is 8.26. The summed E-state index contributed by atoms with van der Waals surface area (Å²) in [6.45, 7) is 4.32. The van der Waals surface area contributed by atoms with Crippen LogP contribution in [0, 0.1) is 0 Å². The van der Waals surface area contributed by atoms with Gasteiger partial charge in [0.15, 0.2) is 10.3 Å². The van der Waals surface area contributed by atoms with Crippen molar-refractivity contribution < 1.29 is 0 Å². The van der Waals surface area contributed by atoms with E-state index in [-0.39, 0.29) is 0 Å². The first kappa shape index (κ1) is 18.1. The third-order valence-corrected chi connectivity index (χ3v) is 5.96. The van der Waals surface area contributed by atoms with Gasteiger partial charge in [-0.2, -0.15) is 0 Å². The number of likely N-dealkylation sites (tertiary alicyclic amines) is 2. The average molecular weight is 379 g/mol. The van der Waals surface area contributed by atoms with E-state index in [0.29, 0.717) is 0 Å². The van der Waals surface area contributed by atoms with Gasteiger partial charge in [0.2, 0.25) is 0 Å². The predicted octanol–water partition coefficient (Wildman–Crippen LogP) is 5.29. The molecule has 0 N–H and O–H groups in total. The Morgan fingerprint density at radius 1 is 0.593 bits per heavy atom. The number of nitrogens with zero attached hydrogens (tertiary/aromatic N) is 4. The molecule has 0 aromatic heterocycles. The average Bonchev–Trinajstić information content (AvgIpc) is 3.43. The van der Waals surface area contributed by atoms with Gasteiger partial charge in [0.1, 0.15) is 0 Å². The lowest BCUT2D eigenvalue weighted by Gasteiger charge is -2.24. The molecule has 2 aliphatic heterocycles. The van der Waals surface area contributed by atoms with Gasteiger partial charge < -0.3 is 9.80 Å². The zero-order valence-corrected chi connectivity index (χ0v) is 16.4. The number of hydrogen-bond acceptors (Lipinski definition) is 3. The molecule has 2 aromatic rings. The molecule has 4 nitrogen and oxygen atoms in total. The Kier molecular flexibility index (Phi) is 6.10. The Hall–Kier alpha value is -2.27. The monoisotopic (exact) mass is 378 g/mol. The Bertz CT molecular complexity index is 709. The molecule has 2 heterocycles. The summed E-state index contributed by atoms with van der Waals surface area (Å²) >= 11 is 1.73. The van der Waals surface area contributed by atoms with Crippen LogP contribution in [0.25, 0.3) is 0 Å². The van der Waals surface area contributed by atoms with Gasteiger partial charge in [0.05, 0.1) is 11.4 Å².